The Morgan fingerprint density at radius 2 is 1.95 bits per heavy atom. The maximum absolute atomic E-state index is 12.6. The molecule has 0 bridgehead atoms. The molecular formula is C16H24N2O. The summed E-state index contributed by atoms with van der Waals surface area (Å²) in [5.41, 5.74) is 0.991. The first-order chi connectivity index (χ1) is 9.18. The first-order valence-electron chi connectivity index (χ1n) is 7.24. The minimum atomic E-state index is -0.172. The number of carbonyl (C=O) groups excluding carboxylic acids is 1. The molecule has 0 spiro atoms. The zero-order valence-corrected chi connectivity index (χ0v) is 11.9. The van der Waals surface area contributed by atoms with Crippen molar-refractivity contribution in [3.63, 3.8) is 0 Å². The van der Waals surface area contributed by atoms with Crippen LogP contribution in [-0.4, -0.2) is 19.0 Å². The normalized spacial score (nSPS) is 19.7. The second-order valence-corrected chi connectivity index (χ2v) is 5.49. The molecule has 3 nitrogen and oxygen atoms in total. The summed E-state index contributed by atoms with van der Waals surface area (Å²) in [4.78, 5) is 12.6. The minimum Gasteiger partial charge on any atom is -0.349 e. The summed E-state index contributed by atoms with van der Waals surface area (Å²) >= 11 is 0. The molecule has 2 rings (SSSR count). The molecule has 104 valence electrons. The standard InChI is InChI=1S/C16H24N2O/c1-3-16(9-11-17-12-10-16)15(19)18-13(2)14-7-5-4-6-8-14/h4-8,13,17H,3,9-12H2,1-2H3,(H,18,19)/t13-/m1/s1. The van der Waals surface area contributed by atoms with E-state index in [-0.39, 0.29) is 17.4 Å². The molecular weight excluding hydrogens is 236 g/mol. The number of nitrogens with one attached hydrogen (secondary N) is 2. The Hall–Kier alpha value is -1.35. The van der Waals surface area contributed by atoms with E-state index in [0.29, 0.717) is 0 Å². The molecule has 0 aliphatic carbocycles. The quantitative estimate of drug-likeness (QED) is 0.874. The predicted octanol–water partition coefficient (Wildman–Crippen LogP) is 2.64. The van der Waals surface area contributed by atoms with E-state index in [1.165, 1.54) is 0 Å². The van der Waals surface area contributed by atoms with Crippen molar-refractivity contribution in [2.45, 2.75) is 39.2 Å². The van der Waals surface area contributed by atoms with Crippen molar-refractivity contribution in [1.29, 1.82) is 0 Å². The summed E-state index contributed by atoms with van der Waals surface area (Å²) in [6.07, 6.45) is 2.80. The molecule has 19 heavy (non-hydrogen) atoms. The van der Waals surface area contributed by atoms with Gasteiger partial charge in [-0.25, -0.2) is 0 Å². The maximum atomic E-state index is 12.6. The number of carbonyl (C=O) groups is 1. The third kappa shape index (κ3) is 3.16. The average molecular weight is 260 g/mol. The topological polar surface area (TPSA) is 41.1 Å². The van der Waals surface area contributed by atoms with Crippen LogP contribution < -0.4 is 10.6 Å². The molecule has 1 aromatic carbocycles. The largest absolute Gasteiger partial charge is 0.349 e. The Morgan fingerprint density at radius 1 is 1.32 bits per heavy atom. The highest BCUT2D eigenvalue weighted by Crippen LogP contribution is 2.33. The maximum Gasteiger partial charge on any atom is 0.226 e. The van der Waals surface area contributed by atoms with Crippen LogP contribution in [0.2, 0.25) is 0 Å². The molecule has 1 heterocycles. The second-order valence-electron chi connectivity index (χ2n) is 5.49. The van der Waals surface area contributed by atoms with Gasteiger partial charge in [0, 0.05) is 0 Å². The van der Waals surface area contributed by atoms with Crippen molar-refractivity contribution in [2.24, 2.45) is 5.41 Å². The molecule has 0 radical (unpaired) electrons. The predicted molar refractivity (Wildman–Crippen MR) is 77.8 cm³/mol. The van der Waals surface area contributed by atoms with Crippen LogP contribution in [0, 0.1) is 5.41 Å². The fraction of sp³-hybridized carbons (Fsp3) is 0.562. The summed E-state index contributed by atoms with van der Waals surface area (Å²) in [7, 11) is 0. The number of benzene rings is 1. The van der Waals surface area contributed by atoms with Crippen molar-refractivity contribution in [1.82, 2.24) is 10.6 Å². The van der Waals surface area contributed by atoms with E-state index < -0.39 is 0 Å². The average Bonchev–Trinajstić information content (AvgIpc) is 2.48. The van der Waals surface area contributed by atoms with E-state index in [0.717, 1.165) is 37.9 Å². The van der Waals surface area contributed by atoms with Crippen LogP contribution in [0.1, 0.15) is 44.7 Å². The van der Waals surface area contributed by atoms with E-state index in [4.69, 9.17) is 0 Å². The number of rotatable bonds is 4. The van der Waals surface area contributed by atoms with Crippen LogP contribution in [0.4, 0.5) is 0 Å². The first kappa shape index (κ1) is 14.1. The van der Waals surface area contributed by atoms with E-state index in [1.807, 2.05) is 18.2 Å². The molecule has 1 aliphatic heterocycles. The van der Waals surface area contributed by atoms with Gasteiger partial charge in [0.2, 0.25) is 5.91 Å². The van der Waals surface area contributed by atoms with Crippen LogP contribution >= 0.6 is 0 Å². The van der Waals surface area contributed by atoms with Gasteiger partial charge >= 0.3 is 0 Å². The monoisotopic (exact) mass is 260 g/mol. The lowest BCUT2D eigenvalue weighted by atomic mass is 9.75. The SMILES string of the molecule is CCC1(C(=O)N[C@H](C)c2ccccc2)CCNCC1. The smallest absolute Gasteiger partial charge is 0.226 e. The lowest BCUT2D eigenvalue weighted by Gasteiger charge is -2.36. The summed E-state index contributed by atoms with van der Waals surface area (Å²) in [6.45, 7) is 6.07. The molecule has 3 heteroatoms. The van der Waals surface area contributed by atoms with Crippen molar-refractivity contribution in [3.05, 3.63) is 35.9 Å². The fourth-order valence-corrected chi connectivity index (χ4v) is 2.82. The molecule has 0 saturated carbocycles. The van der Waals surface area contributed by atoms with E-state index in [9.17, 15) is 4.79 Å². The summed E-state index contributed by atoms with van der Waals surface area (Å²) in [5.74, 6) is 0.216. The summed E-state index contributed by atoms with van der Waals surface area (Å²) < 4.78 is 0. The van der Waals surface area contributed by atoms with Crippen LogP contribution in [0.5, 0.6) is 0 Å². The van der Waals surface area contributed by atoms with E-state index in [1.54, 1.807) is 0 Å². The molecule has 2 N–H and O–H groups in total. The van der Waals surface area contributed by atoms with Gasteiger partial charge in [-0.15, -0.1) is 0 Å². The first-order valence-corrected chi connectivity index (χ1v) is 7.24. The van der Waals surface area contributed by atoms with Gasteiger partial charge in [-0.1, -0.05) is 37.3 Å². The molecule has 1 aliphatic rings. The Bertz CT molecular complexity index is 410. The van der Waals surface area contributed by atoms with Crippen molar-refractivity contribution >= 4 is 5.91 Å². The Labute approximate surface area is 115 Å². The second kappa shape index (κ2) is 6.20. The van der Waals surface area contributed by atoms with Crippen LogP contribution in [-0.2, 0) is 4.79 Å². The molecule has 1 amide bonds. The lowest BCUT2D eigenvalue weighted by Crippen LogP contribution is -2.47. The highest BCUT2D eigenvalue weighted by molar-refractivity contribution is 5.83. The molecule has 0 unspecified atom stereocenters. The molecule has 1 saturated heterocycles. The summed E-state index contributed by atoms with van der Waals surface area (Å²) in [5, 5.41) is 6.52. The molecule has 1 fully saturated rings. The van der Waals surface area contributed by atoms with E-state index >= 15 is 0 Å². The van der Waals surface area contributed by atoms with Gasteiger partial charge in [-0.2, -0.15) is 0 Å². The lowest BCUT2D eigenvalue weighted by molar-refractivity contribution is -0.133. The Balaban J connectivity index is 2.03. The Kier molecular flexibility index (Phi) is 4.59. The van der Waals surface area contributed by atoms with Crippen LogP contribution in [0.3, 0.4) is 0 Å². The van der Waals surface area contributed by atoms with Crippen molar-refractivity contribution in [2.75, 3.05) is 13.1 Å². The van der Waals surface area contributed by atoms with Gasteiger partial charge in [0.05, 0.1) is 11.5 Å². The minimum absolute atomic E-state index is 0.0759. The van der Waals surface area contributed by atoms with Gasteiger partial charge in [0.15, 0.2) is 0 Å². The van der Waals surface area contributed by atoms with Gasteiger partial charge in [-0.3, -0.25) is 4.79 Å². The zero-order valence-electron chi connectivity index (χ0n) is 11.9. The fourth-order valence-electron chi connectivity index (χ4n) is 2.82. The van der Waals surface area contributed by atoms with Gasteiger partial charge < -0.3 is 10.6 Å². The van der Waals surface area contributed by atoms with Gasteiger partial charge in [0.25, 0.3) is 0 Å². The summed E-state index contributed by atoms with van der Waals surface area (Å²) in [6, 6.07) is 10.2. The van der Waals surface area contributed by atoms with Gasteiger partial charge in [0.1, 0.15) is 0 Å². The third-order valence-electron chi connectivity index (χ3n) is 4.37. The highest BCUT2D eigenvalue weighted by Gasteiger charge is 2.38. The van der Waals surface area contributed by atoms with Crippen molar-refractivity contribution in [3.8, 4) is 0 Å². The van der Waals surface area contributed by atoms with Crippen molar-refractivity contribution < 1.29 is 4.79 Å². The zero-order chi connectivity index (χ0) is 13.7. The van der Waals surface area contributed by atoms with Gasteiger partial charge in [-0.05, 0) is 44.8 Å². The molecule has 1 atom stereocenters. The number of hydrogen-bond acceptors (Lipinski definition) is 2. The van der Waals surface area contributed by atoms with E-state index in [2.05, 4.69) is 36.6 Å². The number of piperidine rings is 1. The Morgan fingerprint density at radius 3 is 2.53 bits per heavy atom. The molecule has 1 aromatic rings. The third-order valence-corrected chi connectivity index (χ3v) is 4.37. The van der Waals surface area contributed by atoms with Crippen LogP contribution in [0.15, 0.2) is 30.3 Å². The van der Waals surface area contributed by atoms with Crippen LogP contribution in [0.25, 0.3) is 0 Å². The molecule has 0 aromatic heterocycles. The number of hydrogen-bond donors (Lipinski definition) is 2. The number of amides is 1. The highest BCUT2D eigenvalue weighted by atomic mass is 16.2.